The first-order chi connectivity index (χ1) is 29.0. The Morgan fingerprint density at radius 2 is 0.889 bits per heavy atom. The number of hydrogen-bond acceptors (Lipinski definition) is 1. The van der Waals surface area contributed by atoms with Gasteiger partial charge in [-0.1, -0.05) is 151 Å². The first-order valence-electron chi connectivity index (χ1n) is 22.1. The lowest BCUT2D eigenvalue weighted by atomic mass is 9.83. The van der Waals surface area contributed by atoms with Gasteiger partial charge in [0.25, 0.3) is 0 Å². The summed E-state index contributed by atoms with van der Waals surface area (Å²) in [7, 11) is 0. The van der Waals surface area contributed by atoms with Crippen LogP contribution in [-0.4, -0.2) is 0 Å². The molecule has 0 saturated carbocycles. The summed E-state index contributed by atoms with van der Waals surface area (Å²) in [5.74, 6) is 0. The molecule has 0 atom stereocenters. The first kappa shape index (κ1) is 14.2. The molecule has 1 aromatic heterocycles. The van der Waals surface area contributed by atoms with E-state index in [4.69, 9.17) is 23.6 Å². The molecule has 9 aromatic rings. The minimum Gasteiger partial charge on any atom is -0.456 e. The average molecular weight is 589 g/mol. The molecule has 210 valence electrons. The van der Waals surface area contributed by atoms with Gasteiger partial charge in [0, 0.05) is 10.8 Å². The maximum Gasteiger partial charge on any atom is 0.136 e. The molecule has 0 bridgehead atoms. The fraction of sp³-hybridized carbons (Fsp3) is 0. The van der Waals surface area contributed by atoms with Crippen molar-refractivity contribution in [3.05, 3.63) is 169 Å². The van der Waals surface area contributed by atoms with Crippen molar-refractivity contribution in [2.75, 3.05) is 0 Å². The van der Waals surface area contributed by atoms with Crippen LogP contribution in [0.3, 0.4) is 0 Å². The molecule has 0 fully saturated rings. The van der Waals surface area contributed by atoms with E-state index in [1.165, 1.54) is 0 Å². The summed E-state index contributed by atoms with van der Waals surface area (Å²) in [5, 5.41) is 2.00. The summed E-state index contributed by atoms with van der Waals surface area (Å²) in [4.78, 5) is 0. The molecule has 0 aliphatic heterocycles. The third-order valence-corrected chi connectivity index (χ3v) is 7.97. The Balaban J connectivity index is 1.43. The quantitative estimate of drug-likeness (QED) is 0.186. The molecule has 0 unspecified atom stereocenters. The molecule has 0 radical (unpaired) electrons. The van der Waals surface area contributed by atoms with Crippen molar-refractivity contribution in [2.45, 2.75) is 0 Å². The van der Waals surface area contributed by atoms with Crippen molar-refractivity contribution < 1.29 is 26.3 Å². The van der Waals surface area contributed by atoms with Gasteiger partial charge in [-0.2, -0.15) is 0 Å². The first-order valence-corrected chi connectivity index (χ1v) is 14.1. The van der Waals surface area contributed by atoms with Gasteiger partial charge in [0.05, 0.1) is 21.9 Å². The van der Waals surface area contributed by atoms with E-state index in [1.54, 1.807) is 48.5 Å². The number of fused-ring (bicyclic) bond motifs is 5. The molecule has 0 aliphatic rings. The highest BCUT2D eigenvalue weighted by molar-refractivity contribution is 6.23. The smallest absolute Gasteiger partial charge is 0.136 e. The second-order valence-corrected chi connectivity index (χ2v) is 10.4. The Morgan fingerprint density at radius 1 is 0.356 bits per heavy atom. The summed E-state index contributed by atoms with van der Waals surface area (Å²) >= 11 is 0. The minimum atomic E-state index is -0.677. The van der Waals surface area contributed by atoms with Crippen molar-refractivity contribution in [3.63, 3.8) is 0 Å². The van der Waals surface area contributed by atoms with E-state index in [2.05, 4.69) is 0 Å². The van der Waals surface area contributed by atoms with Gasteiger partial charge < -0.3 is 4.42 Å². The highest BCUT2D eigenvalue weighted by atomic mass is 16.3. The van der Waals surface area contributed by atoms with E-state index in [0.29, 0.717) is 38.2 Å². The Hall–Kier alpha value is -5.92. The van der Waals surface area contributed by atoms with Gasteiger partial charge in [-0.15, -0.1) is 0 Å². The van der Waals surface area contributed by atoms with Gasteiger partial charge in [0.15, 0.2) is 0 Å². The maximum absolute atomic E-state index is 9.87. The van der Waals surface area contributed by atoms with Crippen LogP contribution in [0.25, 0.3) is 88.0 Å². The molecular formula is C44H28O. The van der Waals surface area contributed by atoms with Crippen LogP contribution in [0.5, 0.6) is 0 Å². The van der Waals surface area contributed by atoms with Gasteiger partial charge >= 0.3 is 0 Å². The molecule has 9 rings (SSSR count). The molecule has 0 N–H and O–H groups in total. The number of para-hydroxylation sites is 1. The highest BCUT2D eigenvalue weighted by Crippen LogP contribution is 2.48. The molecule has 0 spiro atoms. The van der Waals surface area contributed by atoms with Crippen LogP contribution in [0.1, 0.15) is 21.9 Å². The standard InChI is InChI=1S/C44H28O/c1-3-13-29(14-4-1)30-23-25-32(26-24-30)43-34-18-7-9-20-36(34)44(37-21-10-8-19-35(37)43)40-28-42-39(33-17-11-12-22-41(33)45-42)27-38(40)31-15-5-2-6-16-31/h1-28H/i1D,2D,3D,4D,5D,6D,11D,12D,13D,14D,15D,16D,17D,22D,27D,28D. The van der Waals surface area contributed by atoms with E-state index < -0.39 is 78.6 Å². The monoisotopic (exact) mass is 588 g/mol. The molecule has 0 saturated heterocycles. The summed E-state index contributed by atoms with van der Waals surface area (Å²) < 4.78 is 145. The van der Waals surface area contributed by atoms with Crippen molar-refractivity contribution in [3.8, 4) is 44.5 Å². The highest BCUT2D eigenvalue weighted by Gasteiger charge is 2.21. The predicted octanol–water partition coefficient (Wildman–Crippen LogP) is 12.6. The van der Waals surface area contributed by atoms with Crippen molar-refractivity contribution in [2.24, 2.45) is 0 Å². The van der Waals surface area contributed by atoms with Gasteiger partial charge in [-0.3, -0.25) is 0 Å². The van der Waals surface area contributed by atoms with Gasteiger partial charge in [-0.05, 0) is 84.2 Å². The van der Waals surface area contributed by atoms with Crippen molar-refractivity contribution >= 4 is 43.5 Å². The lowest BCUT2D eigenvalue weighted by molar-refractivity contribution is 0.669. The molecule has 45 heavy (non-hydrogen) atoms. The second-order valence-electron chi connectivity index (χ2n) is 10.4. The molecule has 1 heterocycles. The van der Waals surface area contributed by atoms with Crippen LogP contribution < -0.4 is 0 Å². The summed E-state index contributed by atoms with van der Waals surface area (Å²) in [6, 6.07) is 12.9. The van der Waals surface area contributed by atoms with E-state index in [-0.39, 0.29) is 62.3 Å². The van der Waals surface area contributed by atoms with Gasteiger partial charge in [0.2, 0.25) is 0 Å². The molecule has 1 heteroatoms. The normalized spacial score (nSPS) is 16.5. The summed E-state index contributed by atoms with van der Waals surface area (Å²) in [6.45, 7) is 0. The van der Waals surface area contributed by atoms with Crippen LogP contribution >= 0.6 is 0 Å². The third kappa shape index (κ3) is 4.17. The van der Waals surface area contributed by atoms with Crippen LogP contribution in [0, 0.1) is 0 Å². The Bertz CT molecular complexity index is 3310. The summed E-state index contributed by atoms with van der Waals surface area (Å²) in [5.41, 5.74) is 1.02. The molecular weight excluding hydrogens is 544 g/mol. The van der Waals surface area contributed by atoms with Crippen LogP contribution in [0.4, 0.5) is 0 Å². The zero-order chi connectivity index (χ0) is 43.7. The van der Waals surface area contributed by atoms with E-state index in [1.807, 2.05) is 24.3 Å². The lowest BCUT2D eigenvalue weighted by Crippen LogP contribution is -1.93. The van der Waals surface area contributed by atoms with Gasteiger partial charge in [0.1, 0.15) is 11.2 Å². The zero-order valence-corrected chi connectivity index (χ0v) is 23.3. The van der Waals surface area contributed by atoms with Crippen LogP contribution in [-0.2, 0) is 0 Å². The molecule has 8 aromatic carbocycles. The minimum absolute atomic E-state index is 0.0270. The van der Waals surface area contributed by atoms with Crippen LogP contribution in [0.15, 0.2) is 174 Å². The average Bonchev–Trinajstić information content (AvgIpc) is 3.68. The lowest BCUT2D eigenvalue weighted by Gasteiger charge is -2.20. The Morgan fingerprint density at radius 3 is 1.53 bits per heavy atom. The number of furan rings is 1. The maximum atomic E-state index is 9.87. The fourth-order valence-corrected chi connectivity index (χ4v) is 6.05. The zero-order valence-electron chi connectivity index (χ0n) is 39.3. The fourth-order valence-electron chi connectivity index (χ4n) is 6.05. The Kier molecular flexibility index (Phi) is 3.28. The predicted molar refractivity (Wildman–Crippen MR) is 190 cm³/mol. The van der Waals surface area contributed by atoms with E-state index >= 15 is 0 Å². The number of benzene rings is 8. The number of rotatable bonds is 4. The second kappa shape index (κ2) is 10.4. The largest absolute Gasteiger partial charge is 0.456 e. The number of hydrogen-bond donors (Lipinski definition) is 0. The summed E-state index contributed by atoms with van der Waals surface area (Å²) in [6.07, 6.45) is 0. The van der Waals surface area contributed by atoms with Gasteiger partial charge in [-0.25, -0.2) is 0 Å². The van der Waals surface area contributed by atoms with Crippen LogP contribution in [0.2, 0.25) is 0 Å². The van der Waals surface area contributed by atoms with E-state index in [9.17, 15) is 2.74 Å². The van der Waals surface area contributed by atoms with E-state index in [0.717, 1.165) is 5.56 Å². The third-order valence-electron chi connectivity index (χ3n) is 7.97. The van der Waals surface area contributed by atoms with Crippen molar-refractivity contribution in [1.82, 2.24) is 0 Å². The molecule has 0 aliphatic carbocycles. The SMILES string of the molecule is [2H]c1c([2H])c([2H])c(-c2ccc(-c3c4ccccc4c(-c4c(-c5c([2H])c([2H])c([2H])c([2H])c5[2H])c([2H])c5c(oc6c([2H])c([2H])c([2H])c([2H])c65)c4[2H])c4ccccc34)cc2)c([2H])c1[2H]. The Labute approximate surface area is 284 Å². The molecule has 0 amide bonds. The van der Waals surface area contributed by atoms with Crippen molar-refractivity contribution in [1.29, 1.82) is 0 Å². The topological polar surface area (TPSA) is 13.1 Å². The molecule has 1 nitrogen and oxygen atoms in total.